The molecule has 4 heterocycles. The molecule has 0 fully saturated rings. The van der Waals surface area contributed by atoms with Gasteiger partial charge in [0.25, 0.3) is 0 Å². The molecule has 6 heteroatoms. The molecular formula is C48H28N2S4. The number of aromatic nitrogens is 2. The highest BCUT2D eigenvalue weighted by molar-refractivity contribution is 8.05. The average Bonchev–Trinajstić information content (AvgIpc) is 3.76. The van der Waals surface area contributed by atoms with E-state index in [0.29, 0.717) is 0 Å². The SMILES string of the molecule is c1ccc2c(c1)Sc1ccc3c(c1S2)c1ccccc1n3-c1ccc(-c2ccc(-n3c4ccccc4c4c5c(ccc43)Sc3ccccc3S5)cc2)cc1. The normalized spacial score (nSPS) is 13.3. The molecule has 254 valence electrons. The minimum atomic E-state index is 1.17. The van der Waals surface area contributed by atoms with E-state index >= 15 is 0 Å². The van der Waals surface area contributed by atoms with E-state index in [1.165, 1.54) is 105 Å². The summed E-state index contributed by atoms with van der Waals surface area (Å²) in [6.45, 7) is 0. The molecule has 12 rings (SSSR count). The Morgan fingerprint density at radius 1 is 0.278 bits per heavy atom. The van der Waals surface area contributed by atoms with E-state index in [4.69, 9.17) is 0 Å². The van der Waals surface area contributed by atoms with E-state index in [9.17, 15) is 0 Å². The number of benzene rings is 8. The molecule has 0 spiro atoms. The largest absolute Gasteiger partial charge is 0.309 e. The maximum atomic E-state index is 2.43. The molecule has 2 aromatic heterocycles. The van der Waals surface area contributed by atoms with Crippen molar-refractivity contribution in [1.29, 1.82) is 0 Å². The van der Waals surface area contributed by atoms with Gasteiger partial charge in [0, 0.05) is 72.1 Å². The fraction of sp³-hybridized carbons (Fsp3) is 0. The Bertz CT molecular complexity index is 2940. The zero-order chi connectivity index (χ0) is 35.3. The Morgan fingerprint density at radius 3 is 1.07 bits per heavy atom. The van der Waals surface area contributed by atoms with Gasteiger partial charge in [-0.05, 0) is 96.1 Å². The van der Waals surface area contributed by atoms with Crippen LogP contribution in [0.5, 0.6) is 0 Å². The van der Waals surface area contributed by atoms with Gasteiger partial charge in [-0.1, -0.05) is 132 Å². The van der Waals surface area contributed by atoms with Crippen LogP contribution in [0.4, 0.5) is 0 Å². The van der Waals surface area contributed by atoms with Gasteiger partial charge < -0.3 is 9.13 Å². The van der Waals surface area contributed by atoms with Gasteiger partial charge in [-0.2, -0.15) is 0 Å². The van der Waals surface area contributed by atoms with Gasteiger partial charge in [-0.15, -0.1) is 0 Å². The van der Waals surface area contributed by atoms with Crippen LogP contribution >= 0.6 is 47.0 Å². The van der Waals surface area contributed by atoms with Gasteiger partial charge in [0.05, 0.1) is 22.1 Å². The smallest absolute Gasteiger partial charge is 0.0553 e. The van der Waals surface area contributed by atoms with Gasteiger partial charge >= 0.3 is 0 Å². The predicted octanol–water partition coefficient (Wildman–Crippen LogP) is 14.8. The molecule has 0 saturated heterocycles. The van der Waals surface area contributed by atoms with Gasteiger partial charge in [-0.25, -0.2) is 0 Å². The van der Waals surface area contributed by atoms with Crippen LogP contribution in [-0.2, 0) is 0 Å². The van der Waals surface area contributed by atoms with Crippen LogP contribution in [0, 0.1) is 0 Å². The molecule has 8 aromatic carbocycles. The molecule has 2 nitrogen and oxygen atoms in total. The third kappa shape index (κ3) is 4.67. The summed E-state index contributed by atoms with van der Waals surface area (Å²) >= 11 is 7.57. The summed E-state index contributed by atoms with van der Waals surface area (Å²) in [7, 11) is 0. The first kappa shape index (κ1) is 31.1. The molecule has 0 aliphatic carbocycles. The van der Waals surface area contributed by atoms with E-state index in [1.807, 2.05) is 47.0 Å². The quantitative estimate of drug-likeness (QED) is 0.177. The molecule has 0 atom stereocenters. The molecule has 2 aliphatic heterocycles. The van der Waals surface area contributed by atoms with Gasteiger partial charge in [0.1, 0.15) is 0 Å². The van der Waals surface area contributed by atoms with E-state index < -0.39 is 0 Å². The number of rotatable bonds is 3. The lowest BCUT2D eigenvalue weighted by molar-refractivity contribution is 1.15. The van der Waals surface area contributed by atoms with Crippen LogP contribution in [0.3, 0.4) is 0 Å². The van der Waals surface area contributed by atoms with E-state index in [1.54, 1.807) is 0 Å². The lowest BCUT2D eigenvalue weighted by Crippen LogP contribution is -1.96. The van der Waals surface area contributed by atoms with Crippen molar-refractivity contribution in [2.45, 2.75) is 39.2 Å². The number of hydrogen-bond acceptors (Lipinski definition) is 4. The molecular weight excluding hydrogens is 733 g/mol. The van der Waals surface area contributed by atoms with Crippen molar-refractivity contribution < 1.29 is 0 Å². The Labute approximate surface area is 329 Å². The van der Waals surface area contributed by atoms with E-state index in [0.717, 1.165) is 0 Å². The van der Waals surface area contributed by atoms with Crippen LogP contribution < -0.4 is 0 Å². The Hall–Kier alpha value is -5.24. The summed E-state index contributed by atoms with van der Waals surface area (Å²) < 4.78 is 4.86. The Morgan fingerprint density at radius 2 is 0.648 bits per heavy atom. The van der Waals surface area contributed by atoms with Crippen molar-refractivity contribution in [3.05, 3.63) is 170 Å². The summed E-state index contributed by atoms with van der Waals surface area (Å²) in [5.41, 5.74) is 9.70. The van der Waals surface area contributed by atoms with Crippen LogP contribution in [0.25, 0.3) is 66.1 Å². The van der Waals surface area contributed by atoms with Crippen LogP contribution in [0.2, 0.25) is 0 Å². The van der Waals surface area contributed by atoms with Crippen molar-refractivity contribution in [3.63, 3.8) is 0 Å². The highest BCUT2D eigenvalue weighted by atomic mass is 32.2. The Kier molecular flexibility index (Phi) is 7.00. The summed E-state index contributed by atoms with van der Waals surface area (Å²) in [5, 5.41) is 5.26. The second-order valence-electron chi connectivity index (χ2n) is 13.7. The van der Waals surface area contributed by atoms with Gasteiger partial charge in [-0.3, -0.25) is 0 Å². The van der Waals surface area contributed by atoms with Crippen molar-refractivity contribution in [1.82, 2.24) is 9.13 Å². The second kappa shape index (κ2) is 12.1. The topological polar surface area (TPSA) is 9.86 Å². The molecule has 0 bridgehead atoms. The van der Waals surface area contributed by atoms with Crippen molar-refractivity contribution in [2.24, 2.45) is 0 Å². The maximum Gasteiger partial charge on any atom is 0.0553 e. The first-order chi connectivity index (χ1) is 26.8. The van der Waals surface area contributed by atoms with Crippen molar-refractivity contribution in [3.8, 4) is 22.5 Å². The van der Waals surface area contributed by atoms with Gasteiger partial charge in [0.15, 0.2) is 0 Å². The molecule has 0 N–H and O–H groups in total. The zero-order valence-corrected chi connectivity index (χ0v) is 32.0. The van der Waals surface area contributed by atoms with Crippen LogP contribution in [0.1, 0.15) is 0 Å². The fourth-order valence-corrected chi connectivity index (χ4v) is 13.0. The summed E-state index contributed by atoms with van der Waals surface area (Å²) in [4.78, 5) is 10.7. The molecule has 2 aliphatic rings. The minimum Gasteiger partial charge on any atom is -0.309 e. The summed E-state index contributed by atoms with van der Waals surface area (Å²) in [5.74, 6) is 0. The third-order valence-electron chi connectivity index (χ3n) is 10.7. The van der Waals surface area contributed by atoms with Crippen LogP contribution in [0.15, 0.2) is 209 Å². The number of para-hydroxylation sites is 2. The van der Waals surface area contributed by atoms with E-state index in [-0.39, 0.29) is 0 Å². The average molecular weight is 761 g/mol. The number of hydrogen-bond donors (Lipinski definition) is 0. The molecule has 0 unspecified atom stereocenters. The molecule has 0 saturated carbocycles. The third-order valence-corrected chi connectivity index (χ3v) is 15.9. The molecule has 0 amide bonds. The molecule has 54 heavy (non-hydrogen) atoms. The summed E-state index contributed by atoms with van der Waals surface area (Å²) in [6.07, 6.45) is 0. The highest BCUT2D eigenvalue weighted by Crippen LogP contribution is 2.54. The first-order valence-electron chi connectivity index (χ1n) is 18.0. The van der Waals surface area contributed by atoms with Gasteiger partial charge in [0.2, 0.25) is 0 Å². The van der Waals surface area contributed by atoms with E-state index in [2.05, 4.69) is 179 Å². The minimum absolute atomic E-state index is 1.17. The monoisotopic (exact) mass is 760 g/mol. The lowest BCUT2D eigenvalue weighted by Gasteiger charge is -2.19. The van der Waals surface area contributed by atoms with Crippen LogP contribution in [-0.4, -0.2) is 9.13 Å². The molecule has 0 radical (unpaired) electrons. The summed E-state index contributed by atoms with van der Waals surface area (Å²) in [6, 6.07) is 62.6. The molecule has 10 aromatic rings. The lowest BCUT2D eigenvalue weighted by atomic mass is 10.0. The first-order valence-corrected chi connectivity index (χ1v) is 21.3. The maximum absolute atomic E-state index is 2.43. The second-order valence-corrected chi connectivity index (χ2v) is 17.9. The number of nitrogens with zero attached hydrogens (tertiary/aromatic N) is 2. The number of fused-ring (bicyclic) bond motifs is 12. The Balaban J connectivity index is 0.919. The van der Waals surface area contributed by atoms with Crippen molar-refractivity contribution in [2.75, 3.05) is 0 Å². The fourth-order valence-electron chi connectivity index (χ4n) is 8.24. The predicted molar refractivity (Wildman–Crippen MR) is 230 cm³/mol. The zero-order valence-electron chi connectivity index (χ0n) is 28.7. The van der Waals surface area contributed by atoms with Crippen molar-refractivity contribution >= 4 is 90.7 Å². The highest BCUT2D eigenvalue weighted by Gasteiger charge is 2.25. The standard InChI is InChI=1S/C48H28N2S4/c1-3-11-35-33(9-1)45-37(25-27-43-47(45)53-41-15-7-5-13-39(41)51-43)49(35)31-21-17-29(18-22-31)30-19-23-32(24-20-30)50-36-12-4-2-10-34(36)46-38(50)26-28-44-48(46)54-42-16-8-6-14-40(42)52-44/h1-28H.